The minimum atomic E-state index is -4.18. The predicted octanol–water partition coefficient (Wildman–Crippen LogP) is 2.89. The number of benzene rings is 2. The average molecular weight is 601 g/mol. The van der Waals surface area contributed by atoms with E-state index in [1.54, 1.807) is 12.3 Å². The van der Waals surface area contributed by atoms with Gasteiger partial charge in [-0.3, -0.25) is 9.94 Å². The molecule has 3 heterocycles. The molecule has 1 aliphatic carbocycles. The van der Waals surface area contributed by atoms with Gasteiger partial charge in [0.2, 0.25) is 0 Å². The van der Waals surface area contributed by atoms with Crippen molar-refractivity contribution in [2.75, 3.05) is 19.8 Å². The number of hydrogen-bond acceptors (Lipinski definition) is 9. The number of ether oxygens (including phenoxy) is 3. The van der Waals surface area contributed by atoms with Gasteiger partial charge in [0.15, 0.2) is 6.29 Å². The topological polar surface area (TPSA) is 152 Å². The summed E-state index contributed by atoms with van der Waals surface area (Å²) in [5.74, 6) is -0.0405. The van der Waals surface area contributed by atoms with Gasteiger partial charge in [-0.25, -0.2) is 13.2 Å². The van der Waals surface area contributed by atoms with E-state index in [0.29, 0.717) is 17.5 Å². The molecule has 1 saturated carbocycles. The highest BCUT2D eigenvalue weighted by Crippen LogP contribution is 2.33. The van der Waals surface area contributed by atoms with Crippen molar-refractivity contribution >= 4 is 27.0 Å². The van der Waals surface area contributed by atoms with Crippen molar-refractivity contribution < 1.29 is 37.4 Å². The maximum atomic E-state index is 13.9. The van der Waals surface area contributed by atoms with Gasteiger partial charge in [0.25, 0.3) is 10.0 Å². The van der Waals surface area contributed by atoms with Crippen LogP contribution >= 0.6 is 0 Å². The lowest BCUT2D eigenvalue weighted by molar-refractivity contribution is -0.145. The summed E-state index contributed by atoms with van der Waals surface area (Å²) in [6.45, 7) is 0.382. The van der Waals surface area contributed by atoms with E-state index in [1.807, 2.05) is 30.3 Å². The van der Waals surface area contributed by atoms with Gasteiger partial charge in [0.1, 0.15) is 6.10 Å². The quantitative estimate of drug-likeness (QED) is 0.282. The molecule has 0 bridgehead atoms. The van der Waals surface area contributed by atoms with Gasteiger partial charge in [-0.15, -0.1) is 0 Å². The second-order valence-electron chi connectivity index (χ2n) is 11.1. The van der Waals surface area contributed by atoms with Crippen LogP contribution in [0.1, 0.15) is 37.7 Å². The monoisotopic (exact) mass is 600 g/mol. The maximum Gasteiger partial charge on any atom is 0.407 e. The van der Waals surface area contributed by atoms with Gasteiger partial charge in [-0.2, -0.15) is 5.10 Å². The van der Waals surface area contributed by atoms with Gasteiger partial charge in [0.05, 0.1) is 60.5 Å². The summed E-state index contributed by atoms with van der Waals surface area (Å²) in [5, 5.41) is 21.7. The second-order valence-corrected chi connectivity index (χ2v) is 12.9. The van der Waals surface area contributed by atoms with Crippen molar-refractivity contribution in [1.29, 1.82) is 0 Å². The molecule has 3 N–H and O–H groups in total. The second kappa shape index (κ2) is 12.7. The lowest BCUT2D eigenvalue weighted by Crippen LogP contribution is -2.51. The summed E-state index contributed by atoms with van der Waals surface area (Å²) in [6.07, 6.45) is 2.65. The third kappa shape index (κ3) is 6.46. The first kappa shape index (κ1) is 29.0. The number of nitrogens with one attached hydrogen (secondary N) is 2. The summed E-state index contributed by atoms with van der Waals surface area (Å²) < 4.78 is 45.4. The van der Waals surface area contributed by atoms with Gasteiger partial charge in [-0.05, 0) is 49.4 Å². The van der Waals surface area contributed by atoms with E-state index in [4.69, 9.17) is 19.0 Å². The highest BCUT2D eigenvalue weighted by molar-refractivity contribution is 7.89. The van der Waals surface area contributed by atoms with Crippen LogP contribution in [0.25, 0.3) is 10.9 Å². The number of rotatable bonds is 11. The third-order valence-electron chi connectivity index (χ3n) is 8.19. The summed E-state index contributed by atoms with van der Waals surface area (Å²) in [5.41, 5.74) is 1.55. The summed E-state index contributed by atoms with van der Waals surface area (Å²) in [4.78, 5) is 19.1. The van der Waals surface area contributed by atoms with Crippen molar-refractivity contribution in [3.63, 3.8) is 0 Å². The number of sulfonamides is 1. The number of alkyl carbamates (subject to hydrolysis) is 1. The van der Waals surface area contributed by atoms with Crippen LogP contribution in [0.5, 0.6) is 0 Å². The predicted molar refractivity (Wildman–Crippen MR) is 150 cm³/mol. The number of aliphatic hydroxyl groups is 1. The molecule has 1 amide bonds. The largest absolute Gasteiger partial charge is 0.443 e. The number of amides is 1. The van der Waals surface area contributed by atoms with Crippen molar-refractivity contribution in [1.82, 2.24) is 20.0 Å². The van der Waals surface area contributed by atoms with E-state index in [1.165, 1.54) is 12.1 Å². The number of aliphatic hydroxyl groups excluding tert-OH is 1. The molecule has 2 aliphatic heterocycles. The molecule has 1 unspecified atom stereocenters. The first-order valence-corrected chi connectivity index (χ1v) is 15.9. The Labute approximate surface area is 244 Å². The van der Waals surface area contributed by atoms with E-state index in [2.05, 4.69) is 15.5 Å². The SMILES string of the molecule is O=C(N[C@@H](Cc1ccccc1)[C@H](O)CN(OC1CCCC1)S(=O)(=O)c1ccc2[nH]ncc2c1)OC1CO[C@H]2OCC[C@@H]12. The molecule has 42 heavy (non-hydrogen) atoms. The minimum Gasteiger partial charge on any atom is -0.443 e. The Bertz CT molecular complexity index is 1460. The zero-order valence-corrected chi connectivity index (χ0v) is 23.9. The Morgan fingerprint density at radius 2 is 1.95 bits per heavy atom. The Kier molecular flexibility index (Phi) is 8.75. The van der Waals surface area contributed by atoms with Crippen molar-refractivity contribution in [3.8, 4) is 0 Å². The van der Waals surface area contributed by atoms with Crippen molar-refractivity contribution in [2.45, 2.75) is 74.1 Å². The number of aromatic amines is 1. The first-order valence-electron chi connectivity index (χ1n) is 14.4. The van der Waals surface area contributed by atoms with Crippen LogP contribution in [0.15, 0.2) is 59.6 Å². The molecule has 226 valence electrons. The fourth-order valence-electron chi connectivity index (χ4n) is 5.86. The first-order chi connectivity index (χ1) is 20.4. The number of hydroxylamine groups is 1. The molecule has 5 atom stereocenters. The lowest BCUT2D eigenvalue weighted by Gasteiger charge is -2.31. The minimum absolute atomic E-state index is 0.0168. The number of aromatic nitrogens is 2. The molecule has 2 saturated heterocycles. The molecular formula is C29H36N4O8S. The Hall–Kier alpha value is -3.07. The standard InChI is InChI=1S/C29H36N4O8S/c34-26(17-33(41-21-8-4-5-9-21)42(36,37)22-10-11-24-20(15-22)16-30-32-24)25(14-19-6-2-1-3-7-19)31-29(35)40-27-18-39-28-23(27)12-13-38-28/h1-3,6-7,10-11,15-16,21,23,25-28,34H,4-5,8-9,12-14,17-18H2,(H,30,32)(H,31,35)/t23-,25-,26+,27?,28+/m0/s1. The van der Waals surface area contributed by atoms with Crippen LogP contribution in [0, 0.1) is 5.92 Å². The highest BCUT2D eigenvalue weighted by atomic mass is 32.2. The number of hydrogen-bond donors (Lipinski definition) is 3. The molecule has 6 rings (SSSR count). The van der Waals surface area contributed by atoms with E-state index in [9.17, 15) is 18.3 Å². The van der Waals surface area contributed by atoms with E-state index in [-0.39, 0.29) is 36.2 Å². The molecule has 12 nitrogen and oxygen atoms in total. The normalized spacial score (nSPS) is 24.2. The summed E-state index contributed by atoms with van der Waals surface area (Å²) in [6, 6.07) is 13.1. The van der Waals surface area contributed by atoms with Crippen LogP contribution in [-0.4, -0.2) is 84.7 Å². The number of fused-ring (bicyclic) bond motifs is 2. The van der Waals surface area contributed by atoms with Crippen LogP contribution in [0.3, 0.4) is 0 Å². The number of nitrogens with zero attached hydrogens (tertiary/aromatic N) is 2. The maximum absolute atomic E-state index is 13.9. The zero-order chi connectivity index (χ0) is 29.1. The van der Waals surface area contributed by atoms with Crippen LogP contribution in [0.2, 0.25) is 0 Å². The lowest BCUT2D eigenvalue weighted by atomic mass is 10.0. The van der Waals surface area contributed by atoms with E-state index in [0.717, 1.165) is 42.1 Å². The van der Waals surface area contributed by atoms with Gasteiger partial charge < -0.3 is 24.6 Å². The Morgan fingerprint density at radius 3 is 2.76 bits per heavy atom. The van der Waals surface area contributed by atoms with E-state index >= 15 is 0 Å². The molecule has 1 aromatic heterocycles. The Morgan fingerprint density at radius 1 is 1.14 bits per heavy atom. The van der Waals surface area contributed by atoms with Gasteiger partial charge in [-0.1, -0.05) is 47.6 Å². The number of carbonyl (C=O) groups is 1. The molecule has 13 heteroatoms. The fraction of sp³-hybridized carbons (Fsp3) is 0.517. The van der Waals surface area contributed by atoms with E-state index < -0.39 is 40.9 Å². The Balaban J connectivity index is 1.22. The average Bonchev–Trinajstić information content (AvgIpc) is 3.79. The van der Waals surface area contributed by atoms with Gasteiger partial charge in [0, 0.05) is 5.39 Å². The molecule has 3 fully saturated rings. The molecule has 3 aliphatic rings. The smallest absolute Gasteiger partial charge is 0.407 e. The van der Waals surface area contributed by atoms with Crippen LogP contribution < -0.4 is 5.32 Å². The van der Waals surface area contributed by atoms with Crippen molar-refractivity contribution in [2.24, 2.45) is 5.92 Å². The van der Waals surface area contributed by atoms with Crippen molar-refractivity contribution in [3.05, 3.63) is 60.3 Å². The molecule has 0 spiro atoms. The summed E-state index contributed by atoms with van der Waals surface area (Å²) in [7, 11) is -4.18. The molecule has 0 radical (unpaired) electrons. The van der Waals surface area contributed by atoms with Crippen LogP contribution in [-0.2, 0) is 35.5 Å². The summed E-state index contributed by atoms with van der Waals surface area (Å²) >= 11 is 0. The molecule has 2 aromatic carbocycles. The zero-order valence-electron chi connectivity index (χ0n) is 23.1. The fourth-order valence-corrected chi connectivity index (χ4v) is 7.19. The number of carbonyl (C=O) groups excluding carboxylic acids is 1. The molecule has 3 aromatic rings. The van der Waals surface area contributed by atoms with Crippen LogP contribution in [0.4, 0.5) is 4.79 Å². The number of H-pyrrole nitrogens is 1. The molecular weight excluding hydrogens is 564 g/mol. The third-order valence-corrected chi connectivity index (χ3v) is 9.81. The highest BCUT2D eigenvalue weighted by Gasteiger charge is 2.44. The van der Waals surface area contributed by atoms with Gasteiger partial charge >= 0.3 is 6.09 Å².